The van der Waals surface area contributed by atoms with Crippen molar-refractivity contribution in [3.63, 3.8) is 0 Å². The van der Waals surface area contributed by atoms with Crippen LogP contribution in [-0.4, -0.2) is 36.2 Å². The number of nitrogens with zero attached hydrogens (tertiary/aromatic N) is 1. The number of allylic oxidation sites excluding steroid dienone is 2. The van der Waals surface area contributed by atoms with Gasteiger partial charge in [-0.25, -0.2) is 4.79 Å². The lowest BCUT2D eigenvalue weighted by Crippen LogP contribution is -2.43. The van der Waals surface area contributed by atoms with Gasteiger partial charge in [-0.05, 0) is 60.9 Å². The van der Waals surface area contributed by atoms with E-state index < -0.39 is 24.4 Å². The fraction of sp³-hybridized carbons (Fsp3) is 0.240. The van der Waals surface area contributed by atoms with E-state index in [1.165, 1.54) is 53.4 Å². The van der Waals surface area contributed by atoms with Gasteiger partial charge in [0.05, 0.1) is 23.1 Å². The molecule has 35 heavy (non-hydrogen) atoms. The first-order valence-electron chi connectivity index (χ1n) is 10.9. The first-order valence-corrected chi connectivity index (χ1v) is 11.3. The van der Waals surface area contributed by atoms with Crippen LogP contribution >= 0.6 is 11.6 Å². The van der Waals surface area contributed by atoms with Crippen LogP contribution in [0, 0.1) is 17.8 Å². The molecule has 0 spiro atoms. The monoisotopic (exact) mass is 495 g/mol. The van der Waals surface area contributed by atoms with Crippen molar-refractivity contribution in [3.8, 4) is 0 Å². The molecule has 0 radical (unpaired) electrons. The molecule has 1 heterocycles. The van der Waals surface area contributed by atoms with Gasteiger partial charge in [0.2, 0.25) is 11.8 Å². The Morgan fingerprint density at radius 3 is 2.29 bits per heavy atom. The molecular formula is C25H22ClN3O6. The molecule has 10 heteroatoms. The molecule has 0 unspecified atom stereocenters. The summed E-state index contributed by atoms with van der Waals surface area (Å²) in [5, 5.41) is 0.467. The molecule has 4 rings (SSSR count). The molecular weight excluding hydrogens is 474 g/mol. The number of nitrogens with one attached hydrogen (secondary N) is 2. The number of esters is 1. The number of rotatable bonds is 5. The fourth-order valence-electron chi connectivity index (χ4n) is 4.20. The summed E-state index contributed by atoms with van der Waals surface area (Å²) >= 11 is 5.77. The number of halogens is 1. The predicted molar refractivity (Wildman–Crippen MR) is 126 cm³/mol. The summed E-state index contributed by atoms with van der Waals surface area (Å²) in [6.07, 6.45) is 4.41. The summed E-state index contributed by atoms with van der Waals surface area (Å²) in [7, 11) is 0. The summed E-state index contributed by atoms with van der Waals surface area (Å²) in [4.78, 5) is 63.0. The number of carbonyl (C=O) groups is 5. The molecule has 0 bridgehead atoms. The van der Waals surface area contributed by atoms with Crippen molar-refractivity contribution in [1.29, 1.82) is 0 Å². The SMILES string of the molecule is C[C@@H]1C=CC[C@H]2C(=O)N(c3ccc(C(=O)OCC(=O)NNC(=O)c4ccc(Cl)cc4)cc3)C(=O)[C@@H]12. The second-order valence-corrected chi connectivity index (χ2v) is 8.74. The zero-order valence-electron chi connectivity index (χ0n) is 18.7. The highest BCUT2D eigenvalue weighted by molar-refractivity contribution is 6.30. The van der Waals surface area contributed by atoms with Crippen molar-refractivity contribution in [2.24, 2.45) is 17.8 Å². The number of benzene rings is 2. The third-order valence-electron chi connectivity index (χ3n) is 5.99. The van der Waals surface area contributed by atoms with E-state index in [1.54, 1.807) is 0 Å². The standard InChI is InChI=1S/C25H22ClN3O6/c1-14-3-2-4-19-21(14)24(33)29(23(19)32)18-11-7-16(8-12-18)25(34)35-13-20(30)27-28-22(31)15-5-9-17(26)10-6-15/h2-3,5-12,14,19,21H,4,13H2,1H3,(H,27,30)(H,28,31)/t14-,19-,21+/m1/s1. The molecule has 9 nitrogen and oxygen atoms in total. The Bertz CT molecular complexity index is 1210. The molecule has 4 amide bonds. The van der Waals surface area contributed by atoms with Crippen LogP contribution in [0.2, 0.25) is 5.02 Å². The summed E-state index contributed by atoms with van der Waals surface area (Å²) in [5.74, 6) is -3.34. The lowest BCUT2D eigenvalue weighted by Gasteiger charge is -2.22. The first kappa shape index (κ1) is 24.2. The van der Waals surface area contributed by atoms with Crippen LogP contribution in [-0.2, 0) is 19.1 Å². The summed E-state index contributed by atoms with van der Waals surface area (Å²) < 4.78 is 4.97. The van der Waals surface area contributed by atoms with Gasteiger partial charge in [0.1, 0.15) is 0 Å². The molecule has 1 aliphatic heterocycles. The van der Waals surface area contributed by atoms with Crippen molar-refractivity contribution in [1.82, 2.24) is 10.9 Å². The number of hydrazine groups is 1. The molecule has 180 valence electrons. The van der Waals surface area contributed by atoms with E-state index in [0.717, 1.165) is 0 Å². The van der Waals surface area contributed by atoms with Crippen molar-refractivity contribution in [2.45, 2.75) is 13.3 Å². The highest BCUT2D eigenvalue weighted by Gasteiger charge is 2.50. The number of carbonyl (C=O) groups excluding carboxylic acids is 5. The number of imide groups is 1. The van der Waals surface area contributed by atoms with Crippen LogP contribution < -0.4 is 15.8 Å². The Kier molecular flexibility index (Phi) is 6.97. The van der Waals surface area contributed by atoms with Crippen LogP contribution in [0.3, 0.4) is 0 Å². The lowest BCUT2D eigenvalue weighted by atomic mass is 9.78. The quantitative estimate of drug-likeness (QED) is 0.284. The third kappa shape index (κ3) is 5.09. The summed E-state index contributed by atoms with van der Waals surface area (Å²) in [5.41, 5.74) is 5.15. The number of anilines is 1. The molecule has 2 N–H and O–H groups in total. The lowest BCUT2D eigenvalue weighted by molar-refractivity contribution is -0.125. The van der Waals surface area contributed by atoms with Gasteiger partial charge in [0.15, 0.2) is 6.61 Å². The average Bonchev–Trinajstić information content (AvgIpc) is 3.12. The molecule has 1 fully saturated rings. The van der Waals surface area contributed by atoms with Crippen LogP contribution in [0.15, 0.2) is 60.7 Å². The van der Waals surface area contributed by atoms with Crippen LogP contribution in [0.5, 0.6) is 0 Å². The number of hydrogen-bond acceptors (Lipinski definition) is 6. The highest BCUT2D eigenvalue weighted by atomic mass is 35.5. The van der Waals surface area contributed by atoms with E-state index in [9.17, 15) is 24.0 Å². The Morgan fingerprint density at radius 2 is 1.63 bits per heavy atom. The van der Waals surface area contributed by atoms with E-state index in [2.05, 4.69) is 10.9 Å². The Morgan fingerprint density at radius 1 is 0.971 bits per heavy atom. The highest BCUT2D eigenvalue weighted by Crippen LogP contribution is 2.40. The van der Waals surface area contributed by atoms with Crippen LogP contribution in [0.25, 0.3) is 0 Å². The predicted octanol–water partition coefficient (Wildman–Crippen LogP) is 2.66. The minimum absolute atomic E-state index is 0.0217. The van der Waals surface area contributed by atoms with E-state index in [1.807, 2.05) is 19.1 Å². The zero-order valence-corrected chi connectivity index (χ0v) is 19.5. The first-order chi connectivity index (χ1) is 16.8. The van der Waals surface area contributed by atoms with Crippen LogP contribution in [0.4, 0.5) is 5.69 Å². The smallest absolute Gasteiger partial charge is 0.338 e. The Hall–Kier alpha value is -3.98. The summed E-state index contributed by atoms with van der Waals surface area (Å²) in [6.45, 7) is 1.29. The van der Waals surface area contributed by atoms with Gasteiger partial charge in [-0.1, -0.05) is 30.7 Å². The molecule has 1 saturated heterocycles. The number of hydrogen-bond donors (Lipinski definition) is 2. The maximum atomic E-state index is 12.9. The van der Waals surface area contributed by atoms with Crippen LogP contribution in [0.1, 0.15) is 34.1 Å². The van der Waals surface area contributed by atoms with Crippen molar-refractivity contribution >= 4 is 46.9 Å². The van der Waals surface area contributed by atoms with Crippen molar-refractivity contribution in [3.05, 3.63) is 76.8 Å². The Balaban J connectivity index is 1.29. The van der Waals surface area contributed by atoms with Crippen molar-refractivity contribution in [2.75, 3.05) is 11.5 Å². The van der Waals surface area contributed by atoms with E-state index >= 15 is 0 Å². The molecule has 3 atom stereocenters. The topological polar surface area (TPSA) is 122 Å². The minimum Gasteiger partial charge on any atom is -0.452 e. The maximum absolute atomic E-state index is 12.9. The fourth-order valence-corrected chi connectivity index (χ4v) is 4.32. The number of amides is 4. The van der Waals surface area contributed by atoms with Gasteiger partial charge in [0.25, 0.3) is 11.8 Å². The number of ether oxygens (including phenoxy) is 1. The van der Waals surface area contributed by atoms with E-state index in [4.69, 9.17) is 16.3 Å². The molecule has 0 aromatic heterocycles. The van der Waals surface area contributed by atoms with E-state index in [0.29, 0.717) is 17.1 Å². The largest absolute Gasteiger partial charge is 0.452 e. The molecule has 2 aromatic rings. The van der Waals surface area contributed by atoms with Gasteiger partial charge in [0, 0.05) is 10.6 Å². The number of fused-ring (bicyclic) bond motifs is 1. The summed E-state index contributed by atoms with van der Waals surface area (Å²) in [6, 6.07) is 11.9. The average molecular weight is 496 g/mol. The third-order valence-corrected chi connectivity index (χ3v) is 6.24. The van der Waals surface area contributed by atoms with Gasteiger partial charge in [-0.2, -0.15) is 0 Å². The molecule has 2 aliphatic rings. The van der Waals surface area contributed by atoms with E-state index in [-0.39, 0.29) is 40.7 Å². The molecule has 1 aliphatic carbocycles. The normalized spacial score (nSPS) is 20.9. The second-order valence-electron chi connectivity index (χ2n) is 8.30. The zero-order chi connectivity index (χ0) is 25.1. The molecule has 2 aromatic carbocycles. The van der Waals surface area contributed by atoms with Gasteiger partial charge < -0.3 is 4.74 Å². The maximum Gasteiger partial charge on any atom is 0.338 e. The van der Waals surface area contributed by atoms with Gasteiger partial charge in [-0.3, -0.25) is 34.9 Å². The second kappa shape index (κ2) is 10.1. The Labute approximate surface area is 206 Å². The minimum atomic E-state index is -0.777. The van der Waals surface area contributed by atoms with Crippen molar-refractivity contribution < 1.29 is 28.7 Å². The van der Waals surface area contributed by atoms with Gasteiger partial charge in [-0.15, -0.1) is 0 Å². The van der Waals surface area contributed by atoms with Gasteiger partial charge >= 0.3 is 5.97 Å². The molecule has 0 saturated carbocycles.